The zero-order valence-electron chi connectivity index (χ0n) is 33.5. The van der Waals surface area contributed by atoms with Gasteiger partial charge >= 0.3 is 0 Å². The summed E-state index contributed by atoms with van der Waals surface area (Å²) >= 11 is 0. The Morgan fingerprint density at radius 3 is 2.43 bits per heavy atom. The SMILES string of the molecule is C=CCO[C@@]12Oc3ccc(Oc4ccc(C)c(C)c4)cc3[C@H]3[C@H](CCCCO)[C@@H](CCCCO)C=C(C(=NOCC)C[C@@H]1N(CCOCCO)C(=O)C1CC1)[C@H]32. The maximum Gasteiger partial charge on any atom is 0.239 e. The number of unbranched alkanes of at least 4 members (excludes halogenated alkanes) is 2. The summed E-state index contributed by atoms with van der Waals surface area (Å²) in [6, 6.07) is 11.5. The molecule has 3 N–H and O–H groups in total. The molecular formula is C45H62N2O9. The van der Waals surface area contributed by atoms with Crippen LogP contribution in [0.5, 0.6) is 17.2 Å². The van der Waals surface area contributed by atoms with E-state index in [4.69, 9.17) is 28.9 Å². The molecule has 0 radical (unpaired) electrons. The highest BCUT2D eigenvalue weighted by atomic mass is 16.7. The van der Waals surface area contributed by atoms with Crippen molar-refractivity contribution < 1.29 is 43.9 Å². The van der Waals surface area contributed by atoms with Crippen LogP contribution in [0.3, 0.4) is 0 Å². The second-order valence-corrected chi connectivity index (χ2v) is 15.7. The molecule has 3 aliphatic carbocycles. The van der Waals surface area contributed by atoms with E-state index < -0.39 is 17.7 Å². The van der Waals surface area contributed by atoms with Crippen molar-refractivity contribution in [1.29, 1.82) is 0 Å². The molecule has 2 saturated carbocycles. The largest absolute Gasteiger partial charge is 0.459 e. The van der Waals surface area contributed by atoms with Crippen LogP contribution in [0.25, 0.3) is 0 Å². The molecule has 11 nitrogen and oxygen atoms in total. The molecule has 0 bridgehead atoms. The number of hydrogen-bond acceptors (Lipinski definition) is 10. The predicted molar refractivity (Wildman–Crippen MR) is 215 cm³/mol. The highest BCUT2D eigenvalue weighted by Crippen LogP contribution is 2.62. The summed E-state index contributed by atoms with van der Waals surface area (Å²) in [6.45, 7) is 11.5. The summed E-state index contributed by atoms with van der Waals surface area (Å²) in [5.74, 6) is 0.429. The van der Waals surface area contributed by atoms with Gasteiger partial charge in [-0.1, -0.05) is 36.2 Å². The van der Waals surface area contributed by atoms with E-state index >= 15 is 0 Å². The van der Waals surface area contributed by atoms with Gasteiger partial charge in [0.05, 0.1) is 38.1 Å². The Labute approximate surface area is 332 Å². The Morgan fingerprint density at radius 2 is 1.73 bits per heavy atom. The molecule has 306 valence electrons. The van der Waals surface area contributed by atoms with Gasteiger partial charge in [-0.05, 0) is 118 Å². The number of hydrogen-bond donors (Lipinski definition) is 3. The number of oxime groups is 1. The molecule has 4 aliphatic rings. The Balaban J connectivity index is 1.56. The number of ether oxygens (including phenoxy) is 4. The first-order valence-electron chi connectivity index (χ1n) is 20.7. The van der Waals surface area contributed by atoms with Crippen LogP contribution in [0, 0.1) is 37.5 Å². The fraction of sp³-hybridized carbons (Fsp3) is 0.600. The molecule has 0 unspecified atom stereocenters. The van der Waals surface area contributed by atoms with Gasteiger partial charge in [-0.2, -0.15) is 0 Å². The molecule has 11 heteroatoms. The van der Waals surface area contributed by atoms with E-state index in [0.717, 1.165) is 66.7 Å². The maximum atomic E-state index is 14.4. The summed E-state index contributed by atoms with van der Waals surface area (Å²) in [5, 5.41) is 34.0. The summed E-state index contributed by atoms with van der Waals surface area (Å²) in [4.78, 5) is 22.2. The van der Waals surface area contributed by atoms with Gasteiger partial charge in [-0.25, -0.2) is 0 Å². The Bertz CT molecular complexity index is 1710. The molecule has 1 aliphatic heterocycles. The second-order valence-electron chi connectivity index (χ2n) is 15.7. The first kappa shape index (κ1) is 41.9. The molecule has 56 heavy (non-hydrogen) atoms. The first-order chi connectivity index (χ1) is 27.3. The van der Waals surface area contributed by atoms with E-state index in [1.165, 1.54) is 5.56 Å². The molecular weight excluding hydrogens is 712 g/mol. The average molecular weight is 775 g/mol. The van der Waals surface area contributed by atoms with Gasteiger partial charge in [0.15, 0.2) is 0 Å². The predicted octanol–water partition coefficient (Wildman–Crippen LogP) is 7.00. The minimum absolute atomic E-state index is 0.0348. The van der Waals surface area contributed by atoms with Gasteiger partial charge in [-0.3, -0.25) is 4.79 Å². The third-order valence-corrected chi connectivity index (χ3v) is 12.0. The van der Waals surface area contributed by atoms with Gasteiger partial charge in [0.2, 0.25) is 11.7 Å². The van der Waals surface area contributed by atoms with Crippen molar-refractivity contribution in [2.24, 2.45) is 28.8 Å². The lowest BCUT2D eigenvalue weighted by atomic mass is 9.55. The molecule has 2 aromatic rings. The number of carbonyl (C=O) groups excluding carboxylic acids is 1. The van der Waals surface area contributed by atoms with Crippen molar-refractivity contribution >= 4 is 11.6 Å². The fourth-order valence-corrected chi connectivity index (χ4v) is 9.08. The minimum atomic E-state index is -1.33. The van der Waals surface area contributed by atoms with E-state index in [0.29, 0.717) is 43.9 Å². The van der Waals surface area contributed by atoms with Crippen LogP contribution < -0.4 is 9.47 Å². The summed E-state index contributed by atoms with van der Waals surface area (Å²) in [7, 11) is 0. The zero-order valence-corrected chi connectivity index (χ0v) is 33.5. The molecule has 2 fully saturated rings. The van der Waals surface area contributed by atoms with Gasteiger partial charge in [0.25, 0.3) is 0 Å². The van der Waals surface area contributed by atoms with Gasteiger partial charge in [-0.15, -0.1) is 6.58 Å². The van der Waals surface area contributed by atoms with Gasteiger partial charge in [0.1, 0.15) is 29.9 Å². The third kappa shape index (κ3) is 9.18. The first-order valence-corrected chi connectivity index (χ1v) is 20.7. The number of amides is 1. The van der Waals surface area contributed by atoms with Crippen molar-refractivity contribution in [2.45, 2.75) is 96.3 Å². The third-order valence-electron chi connectivity index (χ3n) is 12.0. The number of nitrogens with zero attached hydrogens (tertiary/aromatic N) is 2. The van der Waals surface area contributed by atoms with E-state index in [-0.39, 0.29) is 69.2 Å². The number of benzene rings is 2. The fourth-order valence-electron chi connectivity index (χ4n) is 9.08. The topological polar surface area (TPSA) is 140 Å². The van der Waals surface area contributed by atoms with Crippen LogP contribution >= 0.6 is 0 Å². The average Bonchev–Trinajstić information content (AvgIpc) is 4.05. The highest BCUT2D eigenvalue weighted by molar-refractivity contribution is 6.03. The van der Waals surface area contributed by atoms with Crippen LogP contribution in [-0.4, -0.2) is 96.5 Å². The standard InChI is InChI=1S/C45H62N2O9/c1-5-23-53-45-41(47(19-24-52-25-22-50)44(51)32-14-15-32)29-39(46-54-6-2)37-27-33(11-7-9-20-48)36(12-8-10-21-49)42(43(37)45)38-28-35(17-18-40(38)56-45)55-34-16-13-30(3)31(4)26-34/h5,13,16-18,26-28,32-33,36,41-43,48-50H,1,6-12,14-15,19-25,29H2,2-4H3/t33-,36+,41-,42+,43+,45+/m0/s1. The van der Waals surface area contributed by atoms with Crippen molar-refractivity contribution in [3.63, 3.8) is 0 Å². The molecule has 1 amide bonds. The number of aliphatic hydroxyl groups is 3. The normalized spacial score (nSPS) is 25.8. The van der Waals surface area contributed by atoms with E-state index in [9.17, 15) is 20.1 Å². The van der Waals surface area contributed by atoms with Crippen molar-refractivity contribution in [1.82, 2.24) is 4.90 Å². The number of rotatable bonds is 22. The van der Waals surface area contributed by atoms with Crippen LogP contribution in [-0.2, 0) is 19.1 Å². The lowest BCUT2D eigenvalue weighted by Crippen LogP contribution is -2.70. The van der Waals surface area contributed by atoms with Gasteiger partial charge < -0.3 is 44.0 Å². The second kappa shape index (κ2) is 19.6. The molecule has 1 heterocycles. The number of aliphatic hydroxyl groups excluding tert-OH is 3. The van der Waals surface area contributed by atoms with Gasteiger partial charge in [0, 0.05) is 43.6 Å². The van der Waals surface area contributed by atoms with Crippen molar-refractivity contribution in [3.8, 4) is 17.2 Å². The van der Waals surface area contributed by atoms with Crippen molar-refractivity contribution in [2.75, 3.05) is 52.8 Å². The van der Waals surface area contributed by atoms with E-state index in [1.807, 2.05) is 36.1 Å². The molecule has 6 atom stereocenters. The van der Waals surface area contributed by atoms with Crippen LogP contribution in [0.15, 0.2) is 65.9 Å². The van der Waals surface area contributed by atoms with Crippen LogP contribution in [0.2, 0.25) is 0 Å². The monoisotopic (exact) mass is 774 g/mol. The van der Waals surface area contributed by atoms with Crippen LogP contribution in [0.1, 0.15) is 87.3 Å². The molecule has 0 aromatic heterocycles. The maximum absolute atomic E-state index is 14.4. The lowest BCUT2D eigenvalue weighted by molar-refractivity contribution is -0.258. The Hall–Kier alpha value is -3.74. The summed E-state index contributed by atoms with van der Waals surface area (Å²) < 4.78 is 26.7. The molecule has 0 spiro atoms. The quantitative estimate of drug-likeness (QED) is 0.0656. The Morgan fingerprint density at radius 1 is 0.982 bits per heavy atom. The minimum Gasteiger partial charge on any atom is -0.459 e. The van der Waals surface area contributed by atoms with Crippen LogP contribution in [0.4, 0.5) is 0 Å². The molecule has 0 saturated heterocycles. The smallest absolute Gasteiger partial charge is 0.239 e. The number of carbonyl (C=O) groups is 1. The Kier molecular flexibility index (Phi) is 14.7. The number of aryl methyl sites for hydroxylation is 2. The van der Waals surface area contributed by atoms with Crippen molar-refractivity contribution in [3.05, 3.63) is 77.4 Å². The van der Waals surface area contributed by atoms with E-state index in [2.05, 4.69) is 38.6 Å². The molecule has 2 aromatic carbocycles. The number of allylic oxidation sites excluding steroid dienone is 1. The highest BCUT2D eigenvalue weighted by Gasteiger charge is 2.65. The molecule has 6 rings (SSSR count). The summed E-state index contributed by atoms with van der Waals surface area (Å²) in [6.07, 6.45) is 10.9. The number of fused-ring (bicyclic) bond motifs is 2. The lowest BCUT2D eigenvalue weighted by Gasteiger charge is -2.60. The summed E-state index contributed by atoms with van der Waals surface area (Å²) in [5.41, 5.74) is 5.11. The van der Waals surface area contributed by atoms with E-state index in [1.54, 1.807) is 6.08 Å². The zero-order chi connectivity index (χ0) is 39.7.